The lowest BCUT2D eigenvalue weighted by atomic mass is 10.4. The van der Waals surface area contributed by atoms with Crippen LogP contribution in [0.1, 0.15) is 27.7 Å². The van der Waals surface area contributed by atoms with Gasteiger partial charge < -0.3 is 14.4 Å². The minimum atomic E-state index is -4.59. The molecule has 0 spiro atoms. The van der Waals surface area contributed by atoms with Crippen molar-refractivity contribution in [1.29, 1.82) is 0 Å². The molecule has 8 nitrogen and oxygen atoms in total. The molecule has 0 radical (unpaired) electrons. The number of hydrogen-bond acceptors (Lipinski definition) is 7. The van der Waals surface area contributed by atoms with E-state index in [1.807, 2.05) is 0 Å². The van der Waals surface area contributed by atoms with E-state index in [0.29, 0.717) is 0 Å². The predicted octanol–water partition coefficient (Wildman–Crippen LogP) is 2.05. The third kappa shape index (κ3) is 8.41. The molecule has 0 aromatic rings. The second-order valence-electron chi connectivity index (χ2n) is 4.19. The Morgan fingerprint density at radius 1 is 0.952 bits per heavy atom. The van der Waals surface area contributed by atoms with Gasteiger partial charge in [-0.3, -0.25) is 0 Å². The molecule has 0 rings (SSSR count). The summed E-state index contributed by atoms with van der Waals surface area (Å²) in [5.74, 6) is -1.58. The first kappa shape index (κ1) is 19.5. The second-order valence-corrected chi connectivity index (χ2v) is 5.54. The summed E-state index contributed by atoms with van der Waals surface area (Å²) >= 11 is 0. The van der Waals surface area contributed by atoms with Gasteiger partial charge in [0.15, 0.2) is 0 Å². The summed E-state index contributed by atoms with van der Waals surface area (Å²) < 4.78 is 30.1. The van der Waals surface area contributed by atoms with Gasteiger partial charge in [0.2, 0.25) is 12.6 Å². The van der Waals surface area contributed by atoms with Crippen molar-refractivity contribution in [3.63, 3.8) is 0 Å². The molecule has 0 saturated carbocycles. The zero-order valence-electron chi connectivity index (χ0n) is 12.3. The maximum Gasteiger partial charge on any atom is 0.478 e. The Bertz CT molecular complexity index is 444. The Kier molecular flexibility index (Phi) is 7.52. The number of rotatable bonds is 8. The molecule has 0 heterocycles. The van der Waals surface area contributed by atoms with Gasteiger partial charge in [0, 0.05) is 11.1 Å². The normalized spacial score (nSPS) is 16.2. The predicted molar refractivity (Wildman–Crippen MR) is 72.7 cm³/mol. The third-order valence-corrected chi connectivity index (χ3v) is 2.93. The van der Waals surface area contributed by atoms with Gasteiger partial charge >= 0.3 is 19.8 Å². The molecular formula is C12H19O8P. The number of esters is 2. The van der Waals surface area contributed by atoms with Crippen LogP contribution in [0.2, 0.25) is 0 Å². The fourth-order valence-electron chi connectivity index (χ4n) is 0.946. The van der Waals surface area contributed by atoms with Crippen LogP contribution in [0.15, 0.2) is 24.3 Å². The van der Waals surface area contributed by atoms with Crippen molar-refractivity contribution < 1.29 is 37.6 Å². The maximum atomic E-state index is 11.6. The summed E-state index contributed by atoms with van der Waals surface area (Å²) in [6, 6.07) is 0. The Balaban J connectivity index is 4.45. The standard InChI is InChI=1S/C12H19O8P/c1-7(2)11(13)17-9(5)19-21(15,16)20-10(6)18-12(14)8(3)4/h9-10H,1,3H2,2,4-6H3,(H,15,16). The quantitative estimate of drug-likeness (QED) is 0.313. The van der Waals surface area contributed by atoms with E-state index in [0.717, 1.165) is 0 Å². The molecule has 0 aliphatic heterocycles. The van der Waals surface area contributed by atoms with Crippen molar-refractivity contribution >= 4 is 19.8 Å². The Hall–Kier alpha value is -1.47. The van der Waals surface area contributed by atoms with Crippen LogP contribution in [0.3, 0.4) is 0 Å². The van der Waals surface area contributed by atoms with Gasteiger partial charge in [-0.05, 0) is 27.7 Å². The topological polar surface area (TPSA) is 108 Å². The van der Waals surface area contributed by atoms with Crippen molar-refractivity contribution in [2.24, 2.45) is 0 Å². The van der Waals surface area contributed by atoms with Gasteiger partial charge in [-0.25, -0.2) is 23.2 Å². The molecule has 0 aromatic carbocycles. The van der Waals surface area contributed by atoms with Crippen LogP contribution < -0.4 is 0 Å². The lowest BCUT2D eigenvalue weighted by Crippen LogP contribution is -2.21. The Morgan fingerprint density at radius 2 is 1.24 bits per heavy atom. The molecule has 0 fully saturated rings. The molecule has 0 aliphatic carbocycles. The Morgan fingerprint density at radius 3 is 1.48 bits per heavy atom. The van der Waals surface area contributed by atoms with E-state index < -0.39 is 32.3 Å². The van der Waals surface area contributed by atoms with Crippen LogP contribution in [0.25, 0.3) is 0 Å². The minimum absolute atomic E-state index is 0.0999. The van der Waals surface area contributed by atoms with Crippen LogP contribution in [0.4, 0.5) is 0 Å². The fraction of sp³-hybridized carbons (Fsp3) is 0.500. The zero-order valence-corrected chi connectivity index (χ0v) is 13.2. The van der Waals surface area contributed by atoms with Crippen molar-refractivity contribution in [1.82, 2.24) is 0 Å². The molecule has 1 N–H and O–H groups in total. The summed E-state index contributed by atoms with van der Waals surface area (Å²) in [4.78, 5) is 31.8. The number of phosphoric ester groups is 1. The van der Waals surface area contributed by atoms with Crippen molar-refractivity contribution in [2.45, 2.75) is 40.3 Å². The van der Waals surface area contributed by atoms with Gasteiger partial charge in [0.05, 0.1) is 0 Å². The summed E-state index contributed by atoms with van der Waals surface area (Å²) in [5, 5.41) is 0. The third-order valence-electron chi connectivity index (χ3n) is 1.81. The van der Waals surface area contributed by atoms with Gasteiger partial charge in [-0.2, -0.15) is 0 Å². The van der Waals surface area contributed by atoms with E-state index in [-0.39, 0.29) is 11.1 Å². The number of carbonyl (C=O) groups is 2. The summed E-state index contributed by atoms with van der Waals surface area (Å²) in [6.07, 6.45) is -2.71. The molecule has 120 valence electrons. The van der Waals surface area contributed by atoms with E-state index in [2.05, 4.69) is 31.7 Å². The number of ether oxygens (including phenoxy) is 2. The summed E-state index contributed by atoms with van der Waals surface area (Å²) in [7, 11) is -4.59. The average Bonchev–Trinajstić information content (AvgIpc) is 2.25. The van der Waals surface area contributed by atoms with Crippen molar-refractivity contribution in [3.8, 4) is 0 Å². The zero-order chi connectivity index (χ0) is 16.8. The summed E-state index contributed by atoms with van der Waals surface area (Å²) in [5.41, 5.74) is 0.200. The first-order valence-electron chi connectivity index (χ1n) is 5.87. The van der Waals surface area contributed by atoms with Crippen LogP contribution >= 0.6 is 7.82 Å². The first-order chi connectivity index (χ1) is 9.44. The van der Waals surface area contributed by atoms with Crippen molar-refractivity contribution in [2.75, 3.05) is 0 Å². The second kappa shape index (κ2) is 8.09. The first-order valence-corrected chi connectivity index (χ1v) is 7.36. The van der Waals surface area contributed by atoms with Crippen molar-refractivity contribution in [3.05, 3.63) is 24.3 Å². The molecule has 2 atom stereocenters. The smallest absolute Gasteiger partial charge is 0.432 e. The SMILES string of the molecule is C=C(C)C(=O)OC(C)OP(=O)(O)OC(C)OC(=O)C(=C)C. The van der Waals surface area contributed by atoms with Gasteiger partial charge in [-0.15, -0.1) is 0 Å². The average molecular weight is 322 g/mol. The molecule has 0 aromatic heterocycles. The van der Waals surface area contributed by atoms with Crippen LogP contribution in [0, 0.1) is 0 Å². The maximum absolute atomic E-state index is 11.6. The van der Waals surface area contributed by atoms with Crippen LogP contribution in [0.5, 0.6) is 0 Å². The van der Waals surface area contributed by atoms with Crippen LogP contribution in [-0.4, -0.2) is 29.4 Å². The summed E-state index contributed by atoms with van der Waals surface area (Å²) in [6.45, 7) is 11.9. The number of phosphoric acid groups is 1. The highest BCUT2D eigenvalue weighted by molar-refractivity contribution is 7.47. The van der Waals surface area contributed by atoms with E-state index in [1.54, 1.807) is 0 Å². The minimum Gasteiger partial charge on any atom is -0.432 e. The van der Waals surface area contributed by atoms with Gasteiger partial charge in [0.25, 0.3) is 0 Å². The highest BCUT2D eigenvalue weighted by Gasteiger charge is 2.30. The molecule has 9 heteroatoms. The lowest BCUT2D eigenvalue weighted by molar-refractivity contribution is -0.164. The Labute approximate surface area is 122 Å². The largest absolute Gasteiger partial charge is 0.478 e. The lowest BCUT2D eigenvalue weighted by Gasteiger charge is -2.20. The van der Waals surface area contributed by atoms with E-state index in [1.165, 1.54) is 27.7 Å². The van der Waals surface area contributed by atoms with Gasteiger partial charge in [-0.1, -0.05) is 13.2 Å². The van der Waals surface area contributed by atoms with Crippen LogP contribution in [-0.2, 0) is 32.7 Å². The number of carbonyl (C=O) groups excluding carboxylic acids is 2. The van der Waals surface area contributed by atoms with E-state index in [9.17, 15) is 19.0 Å². The highest BCUT2D eigenvalue weighted by atomic mass is 31.2. The number of hydrogen-bond donors (Lipinski definition) is 1. The monoisotopic (exact) mass is 322 g/mol. The molecule has 0 saturated heterocycles. The van der Waals surface area contributed by atoms with E-state index >= 15 is 0 Å². The fourth-order valence-corrected chi connectivity index (χ4v) is 1.83. The molecule has 0 aliphatic rings. The molecule has 0 bridgehead atoms. The van der Waals surface area contributed by atoms with E-state index in [4.69, 9.17) is 0 Å². The van der Waals surface area contributed by atoms with Gasteiger partial charge in [0.1, 0.15) is 0 Å². The molecule has 21 heavy (non-hydrogen) atoms. The molecular weight excluding hydrogens is 303 g/mol. The molecule has 0 amide bonds. The molecule has 2 unspecified atom stereocenters. The highest BCUT2D eigenvalue weighted by Crippen LogP contribution is 2.46.